The van der Waals surface area contributed by atoms with Crippen LogP contribution in [0.4, 0.5) is 23.0 Å². The summed E-state index contributed by atoms with van der Waals surface area (Å²) in [6.45, 7) is 2.73. The van der Waals surface area contributed by atoms with E-state index in [-0.39, 0.29) is 0 Å². The molecule has 0 amide bonds. The van der Waals surface area contributed by atoms with Gasteiger partial charge in [-0.25, -0.2) is 9.97 Å². The number of nitrogens with one attached hydrogen (secondary N) is 1. The minimum Gasteiger partial charge on any atom is -0.494 e. The maximum absolute atomic E-state index is 9.26. The van der Waals surface area contributed by atoms with E-state index in [4.69, 9.17) is 15.5 Å². The number of methoxy groups -OCH3 is 1. The van der Waals surface area contributed by atoms with Crippen molar-refractivity contribution in [1.82, 2.24) is 19.4 Å². The minimum absolute atomic E-state index is 0.403. The van der Waals surface area contributed by atoms with Gasteiger partial charge in [-0.1, -0.05) is 18.2 Å². The molecule has 2 aromatic heterocycles. The largest absolute Gasteiger partial charge is 0.494 e. The fourth-order valence-corrected chi connectivity index (χ4v) is 5.29. The third-order valence-corrected chi connectivity index (χ3v) is 7.34. The summed E-state index contributed by atoms with van der Waals surface area (Å²) in [6.07, 6.45) is 7.23. The molecule has 0 fully saturated rings. The number of likely N-dealkylation sites (N-methyl/N-ethyl adjacent to an activating group) is 2. The van der Waals surface area contributed by atoms with Crippen LogP contribution in [0.3, 0.4) is 0 Å². The van der Waals surface area contributed by atoms with E-state index in [0.29, 0.717) is 35.9 Å². The number of aromatic nitrogens is 3. The highest BCUT2D eigenvalue weighted by Gasteiger charge is 2.21. The summed E-state index contributed by atoms with van der Waals surface area (Å²) in [7, 11) is 7.77. The number of para-hydroxylation sites is 1. The Kier molecular flexibility index (Phi) is 7.57. The number of nitrogen functional groups attached to an aromatic ring is 1. The van der Waals surface area contributed by atoms with Crippen LogP contribution in [0, 0.1) is 11.3 Å². The molecule has 3 heterocycles. The Labute approximate surface area is 229 Å². The molecule has 0 spiro atoms. The lowest BCUT2D eigenvalue weighted by molar-refractivity contribution is 0.413. The van der Waals surface area contributed by atoms with Crippen molar-refractivity contribution in [2.24, 2.45) is 0 Å². The summed E-state index contributed by atoms with van der Waals surface area (Å²) in [5, 5.41) is 13.8. The molecule has 0 radical (unpaired) electrons. The zero-order valence-corrected chi connectivity index (χ0v) is 23.2. The predicted octanol–water partition coefficient (Wildman–Crippen LogP) is 4.83. The Bertz CT molecular complexity index is 1530. The molecule has 1 aliphatic rings. The van der Waals surface area contributed by atoms with E-state index in [1.165, 1.54) is 16.5 Å². The summed E-state index contributed by atoms with van der Waals surface area (Å²) in [4.78, 5) is 13.9. The molecule has 2 aromatic carbocycles. The molecule has 0 unspecified atom stereocenters. The second kappa shape index (κ2) is 11.2. The normalized spacial score (nSPS) is 12.5. The zero-order chi connectivity index (χ0) is 27.5. The van der Waals surface area contributed by atoms with Crippen LogP contribution in [0.5, 0.6) is 5.75 Å². The van der Waals surface area contributed by atoms with Gasteiger partial charge in [-0.2, -0.15) is 5.26 Å². The van der Waals surface area contributed by atoms with Gasteiger partial charge >= 0.3 is 0 Å². The quantitative estimate of drug-likeness (QED) is 0.284. The second-order valence-electron chi connectivity index (χ2n) is 10.3. The minimum atomic E-state index is 0.403. The number of aryl methyl sites for hydroxylation is 3. The van der Waals surface area contributed by atoms with Crippen molar-refractivity contribution in [1.29, 1.82) is 5.26 Å². The number of hydrogen-bond donors (Lipinski definition) is 2. The molecule has 1 aliphatic heterocycles. The lowest BCUT2D eigenvalue weighted by Gasteiger charge is -2.24. The molecular formula is C30H36N8O. The van der Waals surface area contributed by atoms with Gasteiger partial charge in [0.05, 0.1) is 41.5 Å². The number of rotatable bonds is 10. The van der Waals surface area contributed by atoms with Crippen molar-refractivity contribution in [3.63, 3.8) is 0 Å². The van der Waals surface area contributed by atoms with Crippen molar-refractivity contribution < 1.29 is 4.74 Å². The Morgan fingerprint density at radius 3 is 2.82 bits per heavy atom. The van der Waals surface area contributed by atoms with Crippen molar-refractivity contribution in [2.75, 3.05) is 57.3 Å². The van der Waals surface area contributed by atoms with E-state index in [1.807, 2.05) is 25.4 Å². The molecule has 0 atom stereocenters. The van der Waals surface area contributed by atoms with Crippen molar-refractivity contribution in [3.05, 3.63) is 53.9 Å². The first-order valence-corrected chi connectivity index (χ1v) is 13.3. The van der Waals surface area contributed by atoms with E-state index < -0.39 is 0 Å². The SMILES string of the molecule is COc1cc(N(C)CCN(C)C)c(N)cc1Nc1ncc(CCC#N)c(-c2cn3c4c(cccc24)CCC3)n1. The number of anilines is 4. The van der Waals surface area contributed by atoms with E-state index >= 15 is 0 Å². The number of nitrogens with two attached hydrogens (primary N) is 1. The Balaban J connectivity index is 1.53. The standard InChI is InChI=1S/C30H36N8O/c1-36(2)14-15-37(3)26-17-27(39-4)25(16-24(26)32)34-30-33-18-21(9-6-12-31)28(35-30)23-19-38-13-7-10-20-8-5-11-22(23)29(20)38/h5,8,11,16-19H,6-7,9-10,13-15,32H2,1-4H3,(H,33,34,35). The fourth-order valence-electron chi connectivity index (χ4n) is 5.29. The van der Waals surface area contributed by atoms with Crippen LogP contribution < -0.4 is 20.7 Å². The van der Waals surface area contributed by atoms with Gasteiger partial charge in [0.25, 0.3) is 0 Å². The average Bonchev–Trinajstić information content (AvgIpc) is 3.31. The van der Waals surface area contributed by atoms with E-state index in [9.17, 15) is 5.26 Å². The van der Waals surface area contributed by atoms with Gasteiger partial charge in [0.15, 0.2) is 0 Å². The van der Waals surface area contributed by atoms with E-state index in [2.05, 4.69) is 69.2 Å². The number of nitriles is 1. The number of hydrogen-bond acceptors (Lipinski definition) is 8. The van der Waals surface area contributed by atoms with Gasteiger partial charge in [0.1, 0.15) is 5.75 Å². The van der Waals surface area contributed by atoms with Gasteiger partial charge in [-0.3, -0.25) is 0 Å². The fraction of sp³-hybridized carbons (Fsp3) is 0.367. The molecule has 3 N–H and O–H groups in total. The monoisotopic (exact) mass is 524 g/mol. The summed E-state index contributed by atoms with van der Waals surface area (Å²) < 4.78 is 8.06. The van der Waals surface area contributed by atoms with Crippen LogP contribution in [-0.4, -0.2) is 60.8 Å². The molecule has 9 heteroatoms. The summed E-state index contributed by atoms with van der Waals surface area (Å²) in [5.41, 5.74) is 14.2. The Morgan fingerprint density at radius 1 is 1.21 bits per heavy atom. The maximum Gasteiger partial charge on any atom is 0.227 e. The van der Waals surface area contributed by atoms with Crippen LogP contribution in [0.2, 0.25) is 0 Å². The van der Waals surface area contributed by atoms with Crippen LogP contribution in [0.1, 0.15) is 24.0 Å². The molecular weight excluding hydrogens is 488 g/mol. The summed E-state index contributed by atoms with van der Waals surface area (Å²) in [6, 6.07) is 12.6. The highest BCUT2D eigenvalue weighted by atomic mass is 16.5. The van der Waals surface area contributed by atoms with Gasteiger partial charge in [0.2, 0.25) is 5.95 Å². The Hall–Kier alpha value is -4.29. The molecule has 0 aliphatic carbocycles. The molecule has 202 valence electrons. The topological polar surface area (TPSA) is 108 Å². The zero-order valence-electron chi connectivity index (χ0n) is 23.2. The second-order valence-corrected chi connectivity index (χ2v) is 10.3. The molecule has 5 rings (SSSR count). The molecule has 0 saturated heterocycles. The summed E-state index contributed by atoms with van der Waals surface area (Å²) >= 11 is 0. The summed E-state index contributed by atoms with van der Waals surface area (Å²) in [5.74, 6) is 1.10. The number of ether oxygens (including phenoxy) is 1. The average molecular weight is 525 g/mol. The first-order chi connectivity index (χ1) is 18.9. The molecule has 9 nitrogen and oxygen atoms in total. The number of nitrogens with zero attached hydrogens (tertiary/aromatic N) is 6. The van der Waals surface area contributed by atoms with E-state index in [0.717, 1.165) is 55.0 Å². The predicted molar refractivity (Wildman–Crippen MR) is 158 cm³/mol. The lowest BCUT2D eigenvalue weighted by atomic mass is 10.00. The highest BCUT2D eigenvalue weighted by molar-refractivity contribution is 5.98. The first-order valence-electron chi connectivity index (χ1n) is 13.3. The molecule has 0 bridgehead atoms. The molecule has 0 saturated carbocycles. The molecule has 39 heavy (non-hydrogen) atoms. The smallest absolute Gasteiger partial charge is 0.227 e. The third kappa shape index (κ3) is 5.33. The Morgan fingerprint density at radius 2 is 2.05 bits per heavy atom. The first kappa shape index (κ1) is 26.3. The van der Waals surface area contributed by atoms with Crippen LogP contribution in [0.15, 0.2) is 42.7 Å². The van der Waals surface area contributed by atoms with Gasteiger partial charge in [-0.15, -0.1) is 0 Å². The van der Waals surface area contributed by atoms with Crippen LogP contribution in [0.25, 0.3) is 22.2 Å². The molecule has 4 aromatic rings. The van der Waals surface area contributed by atoms with Crippen molar-refractivity contribution in [2.45, 2.75) is 32.2 Å². The third-order valence-electron chi connectivity index (χ3n) is 7.34. The van der Waals surface area contributed by atoms with Crippen molar-refractivity contribution >= 4 is 33.9 Å². The van der Waals surface area contributed by atoms with Crippen LogP contribution in [-0.2, 0) is 19.4 Å². The number of benzene rings is 2. The maximum atomic E-state index is 9.26. The van der Waals surface area contributed by atoms with Gasteiger partial charge < -0.3 is 30.2 Å². The van der Waals surface area contributed by atoms with Gasteiger partial charge in [0, 0.05) is 62.5 Å². The highest BCUT2D eigenvalue weighted by Crippen LogP contribution is 2.38. The van der Waals surface area contributed by atoms with E-state index in [1.54, 1.807) is 7.11 Å². The van der Waals surface area contributed by atoms with Crippen molar-refractivity contribution in [3.8, 4) is 23.1 Å². The van der Waals surface area contributed by atoms with Gasteiger partial charge in [-0.05, 0) is 50.6 Å². The lowest BCUT2D eigenvalue weighted by Crippen LogP contribution is -2.29. The van der Waals surface area contributed by atoms with Crippen LogP contribution >= 0.6 is 0 Å².